The predicted octanol–water partition coefficient (Wildman–Crippen LogP) is -0.526. The Bertz CT molecular complexity index is 551. The lowest BCUT2D eigenvalue weighted by Crippen LogP contribution is -2.40. The van der Waals surface area contributed by atoms with Gasteiger partial charge in [0, 0.05) is 38.0 Å². The van der Waals surface area contributed by atoms with E-state index in [2.05, 4.69) is 0 Å². The van der Waals surface area contributed by atoms with Crippen LogP contribution in [0.1, 0.15) is 10.4 Å². The molecular weight excluding hydrogens is 262 g/mol. The Labute approximate surface area is 117 Å². The second-order valence-corrected chi connectivity index (χ2v) is 4.79. The number of carbonyl (C=O) groups is 2. The lowest BCUT2D eigenvalue weighted by atomic mass is 10.2. The van der Waals surface area contributed by atoms with Crippen LogP contribution in [-0.4, -0.2) is 65.1 Å². The molecule has 110 valence electrons. The average Bonchev–Trinajstić information content (AvgIpc) is 2.36. The van der Waals surface area contributed by atoms with E-state index < -0.39 is 11.9 Å². The van der Waals surface area contributed by atoms with Crippen LogP contribution in [0.25, 0.3) is 0 Å². The Morgan fingerprint density at radius 3 is 2.45 bits per heavy atom. The largest absolute Gasteiger partial charge is 0.480 e. The number of pyridine rings is 1. The molecule has 0 aliphatic heterocycles. The van der Waals surface area contributed by atoms with Crippen LogP contribution in [0.5, 0.6) is 0 Å². The number of carboxylic acid groups (broad SMARTS) is 1. The number of hydrogen-bond donors (Lipinski definition) is 1. The predicted molar refractivity (Wildman–Crippen MR) is 73.8 cm³/mol. The first kappa shape index (κ1) is 15.9. The Kier molecular flexibility index (Phi) is 5.45. The first-order valence-electron chi connectivity index (χ1n) is 6.13. The molecule has 0 radical (unpaired) electrons. The summed E-state index contributed by atoms with van der Waals surface area (Å²) in [5.74, 6) is -1.53. The van der Waals surface area contributed by atoms with Crippen molar-refractivity contribution in [2.45, 2.75) is 0 Å². The molecule has 0 bridgehead atoms. The molecular formula is C13H19N3O4. The highest BCUT2D eigenvalue weighted by Crippen LogP contribution is 2.02. The monoisotopic (exact) mass is 281 g/mol. The zero-order valence-corrected chi connectivity index (χ0v) is 11.9. The van der Waals surface area contributed by atoms with Gasteiger partial charge in [-0.05, 0) is 20.2 Å². The number of aryl methyl sites for hydroxylation is 1. The minimum Gasteiger partial charge on any atom is -0.480 e. The van der Waals surface area contributed by atoms with E-state index in [4.69, 9.17) is 5.11 Å². The topological polar surface area (TPSA) is 82.8 Å². The number of amides is 1. The van der Waals surface area contributed by atoms with E-state index in [1.807, 2.05) is 19.0 Å². The van der Waals surface area contributed by atoms with Gasteiger partial charge in [-0.25, -0.2) is 0 Å². The normalized spacial score (nSPS) is 10.6. The molecule has 7 nitrogen and oxygen atoms in total. The molecule has 0 spiro atoms. The van der Waals surface area contributed by atoms with Gasteiger partial charge in [-0.15, -0.1) is 0 Å². The minimum atomic E-state index is -1.08. The number of rotatable bonds is 6. The molecule has 1 aromatic heterocycles. The highest BCUT2D eigenvalue weighted by molar-refractivity contribution is 5.95. The summed E-state index contributed by atoms with van der Waals surface area (Å²) in [5, 5.41) is 8.87. The van der Waals surface area contributed by atoms with Gasteiger partial charge in [-0.2, -0.15) is 0 Å². The smallest absolute Gasteiger partial charge is 0.323 e. The van der Waals surface area contributed by atoms with Crippen LogP contribution >= 0.6 is 0 Å². The van der Waals surface area contributed by atoms with Gasteiger partial charge in [0.2, 0.25) is 0 Å². The standard InChI is InChI=1S/C13H19N3O4/c1-14(2)6-7-16(9-12(18)19)13(20)10-4-5-15(3)11(17)8-10/h4-5,8H,6-7,9H2,1-3H3,(H,18,19). The van der Waals surface area contributed by atoms with Gasteiger partial charge in [0.25, 0.3) is 11.5 Å². The molecule has 0 aliphatic rings. The second kappa shape index (κ2) is 6.85. The van der Waals surface area contributed by atoms with Crippen molar-refractivity contribution in [1.29, 1.82) is 0 Å². The van der Waals surface area contributed by atoms with Crippen LogP contribution < -0.4 is 5.56 Å². The van der Waals surface area contributed by atoms with E-state index in [1.54, 1.807) is 7.05 Å². The van der Waals surface area contributed by atoms with Crippen molar-refractivity contribution in [3.05, 3.63) is 34.2 Å². The lowest BCUT2D eigenvalue weighted by Gasteiger charge is -2.22. The highest BCUT2D eigenvalue weighted by Gasteiger charge is 2.19. The molecule has 20 heavy (non-hydrogen) atoms. The molecule has 0 unspecified atom stereocenters. The van der Waals surface area contributed by atoms with Gasteiger partial charge in [0.1, 0.15) is 6.54 Å². The molecule has 1 amide bonds. The molecule has 0 fully saturated rings. The van der Waals surface area contributed by atoms with Crippen LogP contribution in [0, 0.1) is 0 Å². The average molecular weight is 281 g/mol. The maximum absolute atomic E-state index is 12.3. The third kappa shape index (κ3) is 4.51. The summed E-state index contributed by atoms with van der Waals surface area (Å²) in [6.07, 6.45) is 1.49. The number of carbonyl (C=O) groups excluding carboxylic acids is 1. The number of hydrogen-bond acceptors (Lipinski definition) is 4. The van der Waals surface area contributed by atoms with Crippen LogP contribution in [0.2, 0.25) is 0 Å². The van der Waals surface area contributed by atoms with Crippen LogP contribution in [0.3, 0.4) is 0 Å². The maximum atomic E-state index is 12.3. The molecule has 0 aromatic carbocycles. The minimum absolute atomic E-state index is 0.202. The van der Waals surface area contributed by atoms with Crippen molar-refractivity contribution in [2.75, 3.05) is 33.7 Å². The Morgan fingerprint density at radius 1 is 1.30 bits per heavy atom. The highest BCUT2D eigenvalue weighted by atomic mass is 16.4. The number of likely N-dealkylation sites (N-methyl/N-ethyl adjacent to an activating group) is 1. The summed E-state index contributed by atoms with van der Waals surface area (Å²) in [6, 6.07) is 2.72. The van der Waals surface area contributed by atoms with Crippen molar-refractivity contribution in [3.8, 4) is 0 Å². The maximum Gasteiger partial charge on any atom is 0.323 e. The van der Waals surface area contributed by atoms with Gasteiger partial charge in [-0.1, -0.05) is 0 Å². The summed E-state index contributed by atoms with van der Waals surface area (Å²) in [5.41, 5.74) is -0.105. The third-order valence-corrected chi connectivity index (χ3v) is 2.78. The Balaban J connectivity index is 2.93. The van der Waals surface area contributed by atoms with Crippen molar-refractivity contribution in [3.63, 3.8) is 0 Å². The first-order chi connectivity index (χ1) is 9.31. The van der Waals surface area contributed by atoms with E-state index >= 15 is 0 Å². The van der Waals surface area contributed by atoms with Crippen molar-refractivity contribution in [1.82, 2.24) is 14.4 Å². The van der Waals surface area contributed by atoms with E-state index in [0.717, 1.165) is 0 Å². The number of aliphatic carboxylic acids is 1. The van der Waals surface area contributed by atoms with E-state index in [-0.39, 0.29) is 24.2 Å². The van der Waals surface area contributed by atoms with Gasteiger partial charge in [0.15, 0.2) is 0 Å². The van der Waals surface area contributed by atoms with Crippen molar-refractivity contribution >= 4 is 11.9 Å². The van der Waals surface area contributed by atoms with Crippen LogP contribution in [0.4, 0.5) is 0 Å². The zero-order valence-electron chi connectivity index (χ0n) is 11.9. The molecule has 0 atom stereocenters. The summed E-state index contributed by atoms with van der Waals surface area (Å²) in [7, 11) is 5.25. The quantitative estimate of drug-likeness (QED) is 0.758. The molecule has 7 heteroatoms. The van der Waals surface area contributed by atoms with Crippen LogP contribution in [0.15, 0.2) is 23.1 Å². The van der Waals surface area contributed by atoms with Gasteiger partial charge in [0.05, 0.1) is 0 Å². The molecule has 1 aromatic rings. The number of carboxylic acids is 1. The Morgan fingerprint density at radius 2 is 1.95 bits per heavy atom. The third-order valence-electron chi connectivity index (χ3n) is 2.78. The summed E-state index contributed by atoms with van der Waals surface area (Å²) in [6.45, 7) is 0.444. The molecule has 1 heterocycles. The number of nitrogens with zero attached hydrogens (tertiary/aromatic N) is 3. The zero-order chi connectivity index (χ0) is 15.3. The molecule has 0 aliphatic carbocycles. The summed E-state index contributed by atoms with van der Waals surface area (Å²) in [4.78, 5) is 37.7. The molecule has 0 saturated heterocycles. The molecule has 1 N–H and O–H groups in total. The van der Waals surface area contributed by atoms with E-state index in [1.165, 1.54) is 27.8 Å². The fraction of sp³-hybridized carbons (Fsp3) is 0.462. The van der Waals surface area contributed by atoms with Crippen molar-refractivity contribution < 1.29 is 14.7 Å². The van der Waals surface area contributed by atoms with E-state index in [9.17, 15) is 14.4 Å². The second-order valence-electron chi connectivity index (χ2n) is 4.79. The van der Waals surface area contributed by atoms with Gasteiger partial charge >= 0.3 is 5.97 Å². The molecule has 0 saturated carbocycles. The fourth-order valence-electron chi connectivity index (χ4n) is 1.60. The Hall–Kier alpha value is -2.15. The van der Waals surface area contributed by atoms with Gasteiger partial charge < -0.3 is 19.5 Å². The SMILES string of the molecule is CN(C)CCN(CC(=O)O)C(=O)c1ccn(C)c(=O)c1. The van der Waals surface area contributed by atoms with Gasteiger partial charge in [-0.3, -0.25) is 14.4 Å². The summed E-state index contributed by atoms with van der Waals surface area (Å²) < 4.78 is 1.35. The first-order valence-corrected chi connectivity index (χ1v) is 6.13. The summed E-state index contributed by atoms with van der Waals surface area (Å²) >= 11 is 0. The van der Waals surface area contributed by atoms with Crippen LogP contribution in [-0.2, 0) is 11.8 Å². The van der Waals surface area contributed by atoms with E-state index in [0.29, 0.717) is 6.54 Å². The fourth-order valence-corrected chi connectivity index (χ4v) is 1.60. The molecule has 1 rings (SSSR count). The lowest BCUT2D eigenvalue weighted by molar-refractivity contribution is -0.137. The van der Waals surface area contributed by atoms with Crippen molar-refractivity contribution in [2.24, 2.45) is 7.05 Å². The number of aromatic nitrogens is 1.